The van der Waals surface area contributed by atoms with Crippen LogP contribution in [0, 0.1) is 0 Å². The van der Waals surface area contributed by atoms with E-state index in [9.17, 15) is 9.59 Å². The van der Waals surface area contributed by atoms with Crippen LogP contribution in [0.15, 0.2) is 69.0 Å². The predicted molar refractivity (Wildman–Crippen MR) is 91.7 cm³/mol. The van der Waals surface area contributed by atoms with Crippen molar-refractivity contribution in [2.45, 2.75) is 0 Å². The Morgan fingerprint density at radius 3 is 2.55 bits per heavy atom. The Morgan fingerprint density at radius 2 is 1.73 bits per heavy atom. The van der Waals surface area contributed by atoms with Gasteiger partial charge in [0.25, 0.3) is 0 Å². The van der Waals surface area contributed by atoms with Gasteiger partial charge in [-0.2, -0.15) is 11.3 Å². The quantitative estimate of drug-likeness (QED) is 0.582. The summed E-state index contributed by atoms with van der Waals surface area (Å²) in [6.07, 6.45) is 1.90. The highest BCUT2D eigenvalue weighted by molar-refractivity contribution is 7.08. The van der Waals surface area contributed by atoms with E-state index < -0.39 is 0 Å². The Morgan fingerprint density at radius 1 is 0.864 bits per heavy atom. The number of hydrogen-bond acceptors (Lipinski definition) is 3. The number of hydrogen-bond donors (Lipinski definition) is 1. The molecule has 4 rings (SSSR count). The number of fused-ring (bicyclic) bond motifs is 2. The standard InChI is InChI=1S/C18H11NO2S/c20-14-3-1-11-2-4-17-16(18(21)15(11)8-14)7-13(9-19-17)12-5-6-22-10-12/h1-10,19H. The van der Waals surface area contributed by atoms with E-state index in [0.717, 1.165) is 22.0 Å². The van der Waals surface area contributed by atoms with Gasteiger partial charge in [-0.25, -0.2) is 0 Å². The van der Waals surface area contributed by atoms with E-state index >= 15 is 0 Å². The molecule has 22 heavy (non-hydrogen) atoms. The fraction of sp³-hybridized carbons (Fsp3) is 0. The van der Waals surface area contributed by atoms with Crippen molar-refractivity contribution in [2.24, 2.45) is 0 Å². The summed E-state index contributed by atoms with van der Waals surface area (Å²) >= 11 is 1.61. The molecular formula is C18H11NO2S. The summed E-state index contributed by atoms with van der Waals surface area (Å²) in [6.45, 7) is 0. The van der Waals surface area contributed by atoms with E-state index in [1.807, 2.05) is 41.2 Å². The first-order valence-corrected chi connectivity index (χ1v) is 7.79. The minimum Gasteiger partial charge on any atom is -0.360 e. The van der Waals surface area contributed by atoms with Crippen LogP contribution in [-0.2, 0) is 0 Å². The lowest BCUT2D eigenvalue weighted by molar-refractivity contribution is 1.42. The minimum atomic E-state index is -0.151. The molecular weight excluding hydrogens is 294 g/mol. The average Bonchev–Trinajstić information content (AvgIpc) is 3.03. The molecule has 4 heteroatoms. The Hall–Kier alpha value is -2.72. The lowest BCUT2D eigenvalue weighted by Gasteiger charge is -1.99. The van der Waals surface area contributed by atoms with Crippen LogP contribution in [0.25, 0.3) is 32.8 Å². The molecule has 4 aromatic rings. The molecule has 0 amide bonds. The molecule has 1 N–H and O–H groups in total. The highest BCUT2D eigenvalue weighted by Gasteiger charge is 2.06. The first kappa shape index (κ1) is 13.0. The van der Waals surface area contributed by atoms with Gasteiger partial charge in [0.15, 0.2) is 10.9 Å². The summed E-state index contributed by atoms with van der Waals surface area (Å²) in [4.78, 5) is 27.6. The Bertz CT molecular complexity index is 1110. The number of rotatable bonds is 1. The summed E-state index contributed by atoms with van der Waals surface area (Å²) in [6, 6.07) is 12.2. The SMILES string of the molecule is O=c1ccc2ccc3[nH]cc(-c4ccsc4)cc3c(=O)c2c1. The normalized spacial score (nSPS) is 11.1. The number of pyridine rings is 1. The van der Waals surface area contributed by atoms with Crippen LogP contribution in [0.2, 0.25) is 0 Å². The first-order chi connectivity index (χ1) is 10.7. The van der Waals surface area contributed by atoms with Crippen LogP contribution >= 0.6 is 11.3 Å². The van der Waals surface area contributed by atoms with Gasteiger partial charge in [-0.1, -0.05) is 12.1 Å². The fourth-order valence-corrected chi connectivity index (χ4v) is 3.29. The van der Waals surface area contributed by atoms with Gasteiger partial charge in [-0.15, -0.1) is 0 Å². The number of aromatic amines is 1. The molecule has 3 nitrogen and oxygen atoms in total. The summed E-state index contributed by atoms with van der Waals surface area (Å²) in [7, 11) is 0. The minimum absolute atomic E-state index is 0.124. The van der Waals surface area contributed by atoms with Crippen LogP contribution in [0.1, 0.15) is 0 Å². The van der Waals surface area contributed by atoms with Crippen LogP contribution in [0.5, 0.6) is 0 Å². The molecule has 0 saturated heterocycles. The highest BCUT2D eigenvalue weighted by Crippen LogP contribution is 2.23. The lowest BCUT2D eigenvalue weighted by Crippen LogP contribution is -2.04. The highest BCUT2D eigenvalue weighted by atomic mass is 32.1. The smallest absolute Gasteiger partial charge is 0.195 e. The summed E-state index contributed by atoms with van der Waals surface area (Å²) in [5, 5.41) is 5.85. The van der Waals surface area contributed by atoms with E-state index in [4.69, 9.17) is 0 Å². The van der Waals surface area contributed by atoms with Crippen molar-refractivity contribution >= 4 is 33.0 Å². The van der Waals surface area contributed by atoms with Crippen LogP contribution in [-0.4, -0.2) is 4.98 Å². The van der Waals surface area contributed by atoms with Gasteiger partial charge in [-0.3, -0.25) is 9.59 Å². The zero-order valence-electron chi connectivity index (χ0n) is 11.5. The van der Waals surface area contributed by atoms with Crippen molar-refractivity contribution in [1.29, 1.82) is 0 Å². The number of thiophene rings is 1. The summed E-state index contributed by atoms with van der Waals surface area (Å²) in [5.74, 6) is 0. The van der Waals surface area contributed by atoms with Gasteiger partial charge >= 0.3 is 0 Å². The molecule has 2 aromatic carbocycles. The van der Waals surface area contributed by atoms with Gasteiger partial charge in [0.05, 0.1) is 0 Å². The van der Waals surface area contributed by atoms with Gasteiger partial charge in [-0.05, 0) is 57.6 Å². The Labute approximate surface area is 129 Å². The number of nitrogens with one attached hydrogen (secondary N) is 1. The molecule has 0 aliphatic heterocycles. The van der Waals surface area contributed by atoms with Gasteiger partial charge in [0, 0.05) is 22.5 Å². The van der Waals surface area contributed by atoms with Crippen molar-refractivity contribution < 1.29 is 0 Å². The van der Waals surface area contributed by atoms with Gasteiger partial charge < -0.3 is 4.98 Å². The zero-order valence-corrected chi connectivity index (χ0v) is 12.3. The average molecular weight is 305 g/mol. The van der Waals surface area contributed by atoms with Crippen LogP contribution in [0.4, 0.5) is 0 Å². The Balaban J connectivity index is 2.15. The number of H-pyrrole nitrogens is 1. The third-order valence-electron chi connectivity index (χ3n) is 3.77. The molecule has 0 spiro atoms. The summed E-state index contributed by atoms with van der Waals surface area (Å²) in [5.41, 5.74) is 2.52. The van der Waals surface area contributed by atoms with Crippen molar-refractivity contribution in [1.82, 2.24) is 4.98 Å². The third-order valence-corrected chi connectivity index (χ3v) is 4.45. The van der Waals surface area contributed by atoms with E-state index in [1.165, 1.54) is 12.1 Å². The zero-order chi connectivity index (χ0) is 15.1. The predicted octanol–water partition coefficient (Wildman–Crippen LogP) is 3.77. The molecule has 2 aromatic heterocycles. The third kappa shape index (κ3) is 2.05. The molecule has 0 aliphatic carbocycles. The second-order valence-electron chi connectivity index (χ2n) is 5.14. The molecule has 0 atom stereocenters. The maximum Gasteiger partial charge on any atom is 0.195 e. The Kier molecular flexibility index (Phi) is 2.91. The number of aromatic nitrogens is 1. The molecule has 0 bridgehead atoms. The monoisotopic (exact) mass is 305 g/mol. The van der Waals surface area contributed by atoms with Crippen LogP contribution < -0.4 is 10.9 Å². The fourth-order valence-electron chi connectivity index (χ4n) is 2.62. The topological polar surface area (TPSA) is 49.9 Å². The van der Waals surface area contributed by atoms with Crippen molar-refractivity contribution in [3.05, 3.63) is 79.9 Å². The molecule has 106 valence electrons. The maximum atomic E-state index is 12.8. The van der Waals surface area contributed by atoms with E-state index in [1.54, 1.807) is 17.4 Å². The van der Waals surface area contributed by atoms with Gasteiger partial charge in [0.2, 0.25) is 0 Å². The van der Waals surface area contributed by atoms with E-state index in [2.05, 4.69) is 4.98 Å². The molecule has 0 fully saturated rings. The maximum absolute atomic E-state index is 12.8. The molecule has 0 unspecified atom stereocenters. The molecule has 2 heterocycles. The van der Waals surface area contributed by atoms with E-state index in [-0.39, 0.29) is 10.9 Å². The van der Waals surface area contributed by atoms with Gasteiger partial charge in [0.1, 0.15) is 0 Å². The van der Waals surface area contributed by atoms with Crippen molar-refractivity contribution in [3.8, 4) is 11.1 Å². The molecule has 0 radical (unpaired) electrons. The van der Waals surface area contributed by atoms with Crippen LogP contribution in [0.3, 0.4) is 0 Å². The first-order valence-electron chi connectivity index (χ1n) is 6.84. The largest absolute Gasteiger partial charge is 0.360 e. The van der Waals surface area contributed by atoms with Crippen molar-refractivity contribution in [2.75, 3.05) is 0 Å². The lowest BCUT2D eigenvalue weighted by atomic mass is 10.1. The van der Waals surface area contributed by atoms with Crippen molar-refractivity contribution in [3.63, 3.8) is 0 Å². The second-order valence-corrected chi connectivity index (χ2v) is 5.92. The summed E-state index contributed by atoms with van der Waals surface area (Å²) < 4.78 is 0. The molecule has 0 saturated carbocycles. The number of benzene rings is 1. The second kappa shape index (κ2) is 4.93. The van der Waals surface area contributed by atoms with E-state index in [0.29, 0.717) is 10.8 Å². The molecule has 0 aliphatic rings.